The van der Waals surface area contributed by atoms with Gasteiger partial charge >= 0.3 is 0 Å². The second kappa shape index (κ2) is 5.00. The molecule has 0 saturated heterocycles. The van der Waals surface area contributed by atoms with Crippen molar-refractivity contribution < 1.29 is 4.11 Å². The summed E-state index contributed by atoms with van der Waals surface area (Å²) in [5.41, 5.74) is 1.86. The van der Waals surface area contributed by atoms with Crippen molar-refractivity contribution in [3.63, 3.8) is 0 Å². The van der Waals surface area contributed by atoms with E-state index in [1.165, 1.54) is 12.1 Å². The van der Waals surface area contributed by atoms with Gasteiger partial charge in [-0.3, -0.25) is 0 Å². The summed E-state index contributed by atoms with van der Waals surface area (Å²) < 4.78 is 0.312. The van der Waals surface area contributed by atoms with Crippen molar-refractivity contribution in [1.82, 2.24) is 0 Å². The van der Waals surface area contributed by atoms with Crippen LogP contribution in [0.15, 0.2) is 42.5 Å². The fourth-order valence-electron chi connectivity index (χ4n) is 1.55. The molecule has 0 aromatic heterocycles. The molecule has 0 N–H and O–H groups in total. The first kappa shape index (κ1) is 12.3. The topological polar surface area (TPSA) is 26.1 Å². The summed E-state index contributed by atoms with van der Waals surface area (Å²) in [5.74, 6) is 0. The molecule has 86 valence electrons. The highest BCUT2D eigenvalue weighted by atomic mass is 35.5. The minimum absolute atomic E-state index is 0.259. The highest BCUT2D eigenvalue weighted by molar-refractivity contribution is 7.44. The summed E-state index contributed by atoms with van der Waals surface area (Å²) in [6, 6.07) is 12.5. The Hall–Kier alpha value is -1.16. The largest absolute Gasteiger partial charge is 0.605 e. The maximum atomic E-state index is 11.0. The lowest BCUT2D eigenvalue weighted by atomic mass is 10.1. The fraction of sp³-hybridized carbons (Fsp3) is 0. The van der Waals surface area contributed by atoms with E-state index < -0.39 is 0 Å². The van der Waals surface area contributed by atoms with Crippen molar-refractivity contribution in [2.45, 2.75) is 0 Å². The van der Waals surface area contributed by atoms with E-state index in [2.05, 4.69) is 12.4 Å². The third-order valence-electron chi connectivity index (χ3n) is 2.30. The second-order valence-electron chi connectivity index (χ2n) is 3.41. The molecule has 5 heteroatoms. The maximum absolute atomic E-state index is 11.0. The highest BCUT2D eigenvalue weighted by Gasteiger charge is 2.13. The predicted molar refractivity (Wildman–Crippen MR) is 72.6 cm³/mol. The van der Waals surface area contributed by atoms with Gasteiger partial charge in [-0.05, 0) is 5.56 Å². The highest BCUT2D eigenvalue weighted by Crippen LogP contribution is 2.37. The van der Waals surface area contributed by atoms with Gasteiger partial charge in [-0.1, -0.05) is 57.6 Å². The molecule has 0 spiro atoms. The van der Waals surface area contributed by atoms with Gasteiger partial charge in [0.1, 0.15) is 0 Å². The Balaban J connectivity index is 2.61. The second-order valence-corrected chi connectivity index (χ2v) is 4.55. The zero-order valence-electron chi connectivity index (χ0n) is 8.56. The lowest BCUT2D eigenvalue weighted by Gasteiger charge is -2.08. The average Bonchev–Trinajstić information content (AvgIpc) is 2.29. The van der Waals surface area contributed by atoms with Crippen LogP contribution in [-0.4, -0.2) is 4.11 Å². The van der Waals surface area contributed by atoms with Crippen LogP contribution >= 0.6 is 23.2 Å². The van der Waals surface area contributed by atoms with Gasteiger partial charge in [-0.15, -0.1) is 0 Å². The van der Waals surface area contributed by atoms with Crippen LogP contribution in [0, 0.1) is 5.21 Å². The van der Waals surface area contributed by atoms with Crippen molar-refractivity contribution in [2.75, 3.05) is 0 Å². The molecule has 0 fully saturated rings. The molecule has 0 atom stereocenters. The van der Waals surface area contributed by atoms with Gasteiger partial charge in [-0.2, -0.15) is 0 Å². The first-order chi connectivity index (χ1) is 8.09. The lowest BCUT2D eigenvalue weighted by molar-refractivity contribution is -0.325. The standard InChI is InChI=1S/C12H7Cl2NOS/c13-10-6-9(15(16)17)7-11(14)12(10)8-4-2-1-3-5-8/h1-7H. The van der Waals surface area contributed by atoms with E-state index >= 15 is 0 Å². The quantitative estimate of drug-likeness (QED) is 0.598. The summed E-state index contributed by atoms with van der Waals surface area (Å²) in [7, 11) is 0. The third kappa shape index (κ3) is 2.57. The Morgan fingerprint density at radius 3 is 2.00 bits per heavy atom. The van der Waals surface area contributed by atoms with Crippen molar-refractivity contribution in [1.29, 1.82) is 0 Å². The van der Waals surface area contributed by atoms with Gasteiger partial charge in [0.15, 0.2) is 0 Å². The zero-order valence-corrected chi connectivity index (χ0v) is 10.9. The first-order valence-electron chi connectivity index (χ1n) is 4.78. The summed E-state index contributed by atoms with van der Waals surface area (Å²) in [4.78, 5) is 0. The monoisotopic (exact) mass is 283 g/mol. The molecule has 0 aliphatic carbocycles. The summed E-state index contributed by atoms with van der Waals surface area (Å²) in [6.07, 6.45) is 0. The number of rotatable bonds is 2. The Morgan fingerprint density at radius 2 is 1.53 bits per heavy atom. The summed E-state index contributed by atoms with van der Waals surface area (Å²) in [5, 5.41) is 11.8. The van der Waals surface area contributed by atoms with Gasteiger partial charge in [0.05, 0.1) is 10.0 Å². The van der Waals surface area contributed by atoms with E-state index in [1.807, 2.05) is 30.3 Å². The molecule has 0 heterocycles. The molecular weight excluding hydrogens is 277 g/mol. The van der Waals surface area contributed by atoms with E-state index in [0.717, 1.165) is 5.56 Å². The normalized spacial score (nSPS) is 10.2. The van der Waals surface area contributed by atoms with Crippen LogP contribution in [0.2, 0.25) is 10.0 Å². The molecule has 0 aliphatic rings. The van der Waals surface area contributed by atoms with Crippen LogP contribution in [0.4, 0.5) is 5.69 Å². The van der Waals surface area contributed by atoms with Gasteiger partial charge in [0, 0.05) is 17.7 Å². The smallest absolute Gasteiger partial charge is 0.284 e. The van der Waals surface area contributed by atoms with E-state index in [-0.39, 0.29) is 5.69 Å². The molecule has 0 unspecified atom stereocenters. The number of halogens is 2. The summed E-state index contributed by atoms with van der Waals surface area (Å²) >= 11 is 16.7. The lowest BCUT2D eigenvalue weighted by Crippen LogP contribution is -1.90. The van der Waals surface area contributed by atoms with Crippen LogP contribution < -0.4 is 0 Å². The van der Waals surface area contributed by atoms with E-state index in [1.54, 1.807) is 0 Å². The fourth-order valence-corrected chi connectivity index (χ4v) is 2.34. The molecule has 2 aromatic rings. The van der Waals surface area contributed by atoms with Gasteiger partial charge in [0.2, 0.25) is 5.69 Å². The average molecular weight is 284 g/mol. The molecule has 2 aromatic carbocycles. The van der Waals surface area contributed by atoms with Crippen molar-refractivity contribution in [2.24, 2.45) is 0 Å². The molecule has 0 saturated carbocycles. The van der Waals surface area contributed by atoms with Gasteiger partial charge in [-0.25, -0.2) is 0 Å². The van der Waals surface area contributed by atoms with E-state index in [9.17, 15) is 5.21 Å². The maximum Gasteiger partial charge on any atom is 0.284 e. The number of nitrogens with zero attached hydrogens (tertiary/aromatic N) is 1. The number of hydrogen-bond donors (Lipinski definition) is 0. The Labute approximate surface area is 114 Å². The minimum Gasteiger partial charge on any atom is -0.605 e. The molecule has 0 bridgehead atoms. The van der Waals surface area contributed by atoms with Crippen molar-refractivity contribution in [3.8, 4) is 11.1 Å². The van der Waals surface area contributed by atoms with Crippen molar-refractivity contribution in [3.05, 3.63) is 57.7 Å². The van der Waals surface area contributed by atoms with Crippen LogP contribution in [0.5, 0.6) is 0 Å². The molecule has 0 aliphatic heterocycles. The minimum atomic E-state index is 0.259. The molecule has 0 radical (unpaired) electrons. The third-order valence-corrected chi connectivity index (χ3v) is 3.11. The zero-order chi connectivity index (χ0) is 12.4. The molecular formula is C12H7Cl2NOS. The van der Waals surface area contributed by atoms with E-state index in [0.29, 0.717) is 19.7 Å². The Kier molecular flexibility index (Phi) is 3.62. The number of benzene rings is 2. The first-order valence-corrected chi connectivity index (χ1v) is 5.90. The predicted octanol–water partition coefficient (Wildman–Crippen LogP) is 4.53. The van der Waals surface area contributed by atoms with Crippen molar-refractivity contribution >= 4 is 41.3 Å². The Bertz CT molecular complexity index is 549. The summed E-state index contributed by atoms with van der Waals surface area (Å²) in [6.45, 7) is 0. The van der Waals surface area contributed by atoms with Gasteiger partial charge < -0.3 is 5.21 Å². The SMILES string of the molecule is [O-][N+](=S)c1cc(Cl)c(-c2ccccc2)c(Cl)c1. The van der Waals surface area contributed by atoms with Crippen LogP contribution in [-0.2, 0) is 12.4 Å². The molecule has 2 rings (SSSR count). The van der Waals surface area contributed by atoms with Crippen LogP contribution in [0.25, 0.3) is 11.1 Å². The molecule has 17 heavy (non-hydrogen) atoms. The van der Waals surface area contributed by atoms with Gasteiger partial charge in [0.25, 0.3) is 12.4 Å². The molecule has 0 amide bonds. The molecule has 2 nitrogen and oxygen atoms in total. The van der Waals surface area contributed by atoms with Crippen LogP contribution in [0.1, 0.15) is 0 Å². The van der Waals surface area contributed by atoms with E-state index in [4.69, 9.17) is 23.2 Å². The van der Waals surface area contributed by atoms with Crippen LogP contribution in [0.3, 0.4) is 0 Å². The Morgan fingerprint density at radius 1 is 1.00 bits per heavy atom. The number of hydrogen-bond acceptors (Lipinski definition) is 2.